The lowest BCUT2D eigenvalue weighted by atomic mass is 10.1. The fourth-order valence-corrected chi connectivity index (χ4v) is 2.95. The number of benzene rings is 2. The molecule has 1 aliphatic heterocycles. The van der Waals surface area contributed by atoms with E-state index in [1.807, 2.05) is 0 Å². The van der Waals surface area contributed by atoms with Crippen LogP contribution in [0.4, 0.5) is 5.69 Å². The predicted molar refractivity (Wildman–Crippen MR) is 108 cm³/mol. The summed E-state index contributed by atoms with van der Waals surface area (Å²) in [6.45, 7) is 4.96. The van der Waals surface area contributed by atoms with Crippen LogP contribution in [0.1, 0.15) is 40.5 Å². The van der Waals surface area contributed by atoms with E-state index in [2.05, 4.69) is 12.2 Å². The molecule has 0 aromatic heterocycles. The Morgan fingerprint density at radius 3 is 2.50 bits per heavy atom. The molecule has 6 nitrogen and oxygen atoms in total. The van der Waals surface area contributed by atoms with Crippen LogP contribution in [0.2, 0.25) is 0 Å². The van der Waals surface area contributed by atoms with E-state index in [1.54, 1.807) is 53.4 Å². The Hall–Kier alpha value is -2.86. The average molecular weight is 382 g/mol. The third-order valence-corrected chi connectivity index (χ3v) is 4.59. The maximum atomic E-state index is 12.8. The normalized spacial score (nSPS) is 13.8. The number of hydrogen-bond acceptors (Lipinski definition) is 4. The molecule has 6 heteroatoms. The fourth-order valence-electron chi connectivity index (χ4n) is 2.95. The second-order valence-corrected chi connectivity index (χ2v) is 6.63. The number of para-hydroxylation sites is 1. The van der Waals surface area contributed by atoms with E-state index in [1.165, 1.54) is 0 Å². The largest absolute Gasteiger partial charge is 0.494 e. The van der Waals surface area contributed by atoms with Crippen LogP contribution in [-0.4, -0.2) is 49.6 Å². The molecule has 0 saturated carbocycles. The minimum absolute atomic E-state index is 0.0983. The summed E-state index contributed by atoms with van der Waals surface area (Å²) in [6.07, 6.45) is 2.07. The van der Waals surface area contributed by atoms with Crippen molar-refractivity contribution < 1.29 is 19.1 Å². The number of morpholine rings is 1. The van der Waals surface area contributed by atoms with Gasteiger partial charge in [-0.05, 0) is 42.8 Å². The van der Waals surface area contributed by atoms with Gasteiger partial charge >= 0.3 is 0 Å². The molecule has 3 rings (SSSR count). The van der Waals surface area contributed by atoms with Crippen molar-refractivity contribution in [3.05, 3.63) is 59.7 Å². The zero-order valence-corrected chi connectivity index (χ0v) is 16.1. The second kappa shape index (κ2) is 9.90. The Balaban J connectivity index is 1.68. The van der Waals surface area contributed by atoms with Crippen molar-refractivity contribution in [1.82, 2.24) is 4.90 Å². The zero-order valence-electron chi connectivity index (χ0n) is 16.1. The van der Waals surface area contributed by atoms with Gasteiger partial charge < -0.3 is 19.7 Å². The molecule has 1 saturated heterocycles. The van der Waals surface area contributed by atoms with Crippen LogP contribution in [0.5, 0.6) is 5.75 Å². The lowest BCUT2D eigenvalue weighted by Crippen LogP contribution is -2.41. The van der Waals surface area contributed by atoms with E-state index in [9.17, 15) is 9.59 Å². The smallest absolute Gasteiger partial charge is 0.256 e. The van der Waals surface area contributed by atoms with Gasteiger partial charge in [0.05, 0.1) is 31.1 Å². The Labute approximate surface area is 165 Å². The number of anilines is 1. The summed E-state index contributed by atoms with van der Waals surface area (Å²) in [5, 5.41) is 2.86. The van der Waals surface area contributed by atoms with Gasteiger partial charge in [0, 0.05) is 18.7 Å². The molecule has 2 amide bonds. The Morgan fingerprint density at radius 2 is 1.79 bits per heavy atom. The molecular weight excluding hydrogens is 356 g/mol. The number of nitrogens with one attached hydrogen (secondary N) is 1. The molecule has 28 heavy (non-hydrogen) atoms. The Morgan fingerprint density at radius 1 is 1.07 bits per heavy atom. The van der Waals surface area contributed by atoms with Crippen LogP contribution in [-0.2, 0) is 4.74 Å². The van der Waals surface area contributed by atoms with Crippen LogP contribution >= 0.6 is 0 Å². The highest BCUT2D eigenvalue weighted by Gasteiger charge is 2.21. The molecule has 0 spiro atoms. The first-order chi connectivity index (χ1) is 13.7. The molecule has 0 atom stereocenters. The van der Waals surface area contributed by atoms with Gasteiger partial charge in [0.2, 0.25) is 0 Å². The van der Waals surface area contributed by atoms with Crippen LogP contribution in [0.3, 0.4) is 0 Å². The highest BCUT2D eigenvalue weighted by Crippen LogP contribution is 2.20. The van der Waals surface area contributed by atoms with Crippen LogP contribution in [0, 0.1) is 0 Å². The van der Waals surface area contributed by atoms with E-state index in [0.29, 0.717) is 49.7 Å². The predicted octanol–water partition coefficient (Wildman–Crippen LogP) is 3.59. The molecule has 1 aliphatic rings. The average Bonchev–Trinajstić information content (AvgIpc) is 2.75. The molecule has 1 fully saturated rings. The molecule has 0 unspecified atom stereocenters. The SMILES string of the molecule is CCCCOc1ccc(C(=O)Nc2ccccc2C(=O)N2CCOCC2)cc1. The van der Waals surface area contributed by atoms with Crippen LogP contribution in [0.25, 0.3) is 0 Å². The summed E-state index contributed by atoms with van der Waals surface area (Å²) < 4.78 is 10.9. The van der Waals surface area contributed by atoms with E-state index < -0.39 is 0 Å². The highest BCUT2D eigenvalue weighted by atomic mass is 16.5. The monoisotopic (exact) mass is 382 g/mol. The molecule has 148 valence electrons. The number of unbranched alkanes of at least 4 members (excludes halogenated alkanes) is 1. The molecule has 2 aromatic rings. The van der Waals surface area contributed by atoms with E-state index in [-0.39, 0.29) is 11.8 Å². The van der Waals surface area contributed by atoms with Gasteiger partial charge in [-0.15, -0.1) is 0 Å². The number of ether oxygens (including phenoxy) is 2. The van der Waals surface area contributed by atoms with Crippen molar-refractivity contribution >= 4 is 17.5 Å². The van der Waals surface area contributed by atoms with Crippen LogP contribution < -0.4 is 10.1 Å². The van der Waals surface area contributed by atoms with Crippen molar-refractivity contribution in [1.29, 1.82) is 0 Å². The summed E-state index contributed by atoms with van der Waals surface area (Å²) >= 11 is 0. The van der Waals surface area contributed by atoms with Gasteiger partial charge in [0.1, 0.15) is 5.75 Å². The first-order valence-corrected chi connectivity index (χ1v) is 9.69. The van der Waals surface area contributed by atoms with Crippen molar-refractivity contribution in [2.75, 3.05) is 38.2 Å². The minimum Gasteiger partial charge on any atom is -0.494 e. The fraction of sp³-hybridized carbons (Fsp3) is 0.364. The summed E-state index contributed by atoms with van der Waals surface area (Å²) in [7, 11) is 0. The van der Waals surface area contributed by atoms with Gasteiger partial charge in [0.25, 0.3) is 11.8 Å². The number of hydrogen-bond donors (Lipinski definition) is 1. The molecular formula is C22H26N2O4. The molecule has 1 heterocycles. The molecule has 2 aromatic carbocycles. The second-order valence-electron chi connectivity index (χ2n) is 6.63. The molecule has 1 N–H and O–H groups in total. The quantitative estimate of drug-likeness (QED) is 0.743. The maximum absolute atomic E-state index is 12.8. The standard InChI is InChI=1S/C22H26N2O4/c1-2-3-14-28-18-10-8-17(9-11-18)21(25)23-20-7-5-4-6-19(20)22(26)24-12-15-27-16-13-24/h4-11H,2-3,12-16H2,1H3,(H,23,25). The number of carbonyl (C=O) groups excluding carboxylic acids is 2. The summed E-state index contributed by atoms with van der Waals surface area (Å²) in [6, 6.07) is 14.1. The van der Waals surface area contributed by atoms with Gasteiger partial charge in [-0.25, -0.2) is 0 Å². The number of carbonyl (C=O) groups is 2. The third kappa shape index (κ3) is 5.10. The van der Waals surface area contributed by atoms with E-state index in [4.69, 9.17) is 9.47 Å². The Kier molecular flexibility index (Phi) is 7.03. The van der Waals surface area contributed by atoms with Gasteiger partial charge in [-0.2, -0.15) is 0 Å². The van der Waals surface area contributed by atoms with Gasteiger partial charge in [-0.1, -0.05) is 25.5 Å². The lowest BCUT2D eigenvalue weighted by Gasteiger charge is -2.27. The molecule has 0 radical (unpaired) electrons. The lowest BCUT2D eigenvalue weighted by molar-refractivity contribution is 0.0303. The number of rotatable bonds is 7. The summed E-state index contributed by atoms with van der Waals surface area (Å²) in [5.74, 6) is 0.383. The molecule has 0 bridgehead atoms. The number of nitrogens with zero attached hydrogens (tertiary/aromatic N) is 1. The van der Waals surface area contributed by atoms with E-state index in [0.717, 1.165) is 18.6 Å². The first-order valence-electron chi connectivity index (χ1n) is 9.69. The van der Waals surface area contributed by atoms with Crippen LogP contribution in [0.15, 0.2) is 48.5 Å². The minimum atomic E-state index is -0.262. The van der Waals surface area contributed by atoms with Gasteiger partial charge in [-0.3, -0.25) is 9.59 Å². The van der Waals surface area contributed by atoms with Crippen molar-refractivity contribution in [3.8, 4) is 5.75 Å². The van der Waals surface area contributed by atoms with Gasteiger partial charge in [0.15, 0.2) is 0 Å². The first kappa shape index (κ1) is 19.9. The van der Waals surface area contributed by atoms with Crippen molar-refractivity contribution in [2.45, 2.75) is 19.8 Å². The molecule has 0 aliphatic carbocycles. The third-order valence-electron chi connectivity index (χ3n) is 4.59. The van der Waals surface area contributed by atoms with Crippen molar-refractivity contribution in [2.24, 2.45) is 0 Å². The van der Waals surface area contributed by atoms with Crippen molar-refractivity contribution in [3.63, 3.8) is 0 Å². The number of amides is 2. The highest BCUT2D eigenvalue weighted by molar-refractivity contribution is 6.09. The summed E-state index contributed by atoms with van der Waals surface area (Å²) in [5.41, 5.74) is 1.50. The Bertz CT molecular complexity index is 798. The topological polar surface area (TPSA) is 67.9 Å². The van der Waals surface area contributed by atoms with E-state index >= 15 is 0 Å². The maximum Gasteiger partial charge on any atom is 0.256 e. The summed E-state index contributed by atoms with van der Waals surface area (Å²) in [4.78, 5) is 27.2. The zero-order chi connectivity index (χ0) is 19.8.